The summed E-state index contributed by atoms with van der Waals surface area (Å²) in [6, 6.07) is 24.9. The van der Waals surface area contributed by atoms with Gasteiger partial charge < -0.3 is 19.2 Å². The number of fused-ring (bicyclic) bond motifs is 1. The third-order valence-electron chi connectivity index (χ3n) is 6.36. The van der Waals surface area contributed by atoms with Crippen LogP contribution in [0.5, 0.6) is 17.2 Å². The minimum absolute atomic E-state index is 0.0469. The maximum Gasteiger partial charge on any atom is 0.291 e. The number of nitrogens with one attached hydrogen (secondary N) is 1. The highest BCUT2D eigenvalue weighted by Crippen LogP contribution is 2.33. The Hall–Kier alpha value is -5.11. The smallest absolute Gasteiger partial charge is 0.291 e. The third-order valence-corrected chi connectivity index (χ3v) is 6.36. The molecule has 1 N–H and O–H groups in total. The number of ether oxygens (including phenoxy) is 2. The van der Waals surface area contributed by atoms with Crippen LogP contribution in [-0.2, 0) is 6.61 Å². The van der Waals surface area contributed by atoms with Crippen LogP contribution in [-0.4, -0.2) is 10.8 Å². The number of hydrogen-bond acceptors (Lipinski definition) is 6. The van der Waals surface area contributed by atoms with E-state index < -0.39 is 10.8 Å². The lowest BCUT2D eigenvalue weighted by Crippen LogP contribution is -2.11. The molecule has 0 aliphatic rings. The summed E-state index contributed by atoms with van der Waals surface area (Å²) in [5.74, 6) is 1.48. The summed E-state index contributed by atoms with van der Waals surface area (Å²) in [6.07, 6.45) is 0. The van der Waals surface area contributed by atoms with E-state index in [0.717, 1.165) is 27.5 Å². The van der Waals surface area contributed by atoms with Crippen molar-refractivity contribution in [1.82, 2.24) is 0 Å². The van der Waals surface area contributed by atoms with Crippen molar-refractivity contribution in [3.05, 3.63) is 123 Å². The summed E-state index contributed by atoms with van der Waals surface area (Å²) in [7, 11) is 0. The van der Waals surface area contributed by atoms with E-state index in [0.29, 0.717) is 17.3 Å². The monoisotopic (exact) mass is 522 g/mol. The van der Waals surface area contributed by atoms with Gasteiger partial charge in [0.05, 0.1) is 16.7 Å². The molecule has 0 aliphatic heterocycles. The van der Waals surface area contributed by atoms with Gasteiger partial charge in [-0.1, -0.05) is 42.5 Å². The predicted octanol–water partition coefficient (Wildman–Crippen LogP) is 7.89. The Labute approximate surface area is 224 Å². The molecule has 5 rings (SSSR count). The van der Waals surface area contributed by atoms with Gasteiger partial charge in [0.15, 0.2) is 5.76 Å². The largest absolute Gasteiger partial charge is 0.485 e. The van der Waals surface area contributed by atoms with Crippen LogP contribution in [0, 0.1) is 30.9 Å². The quantitative estimate of drug-likeness (QED) is 0.164. The van der Waals surface area contributed by atoms with Crippen molar-refractivity contribution in [2.45, 2.75) is 27.4 Å². The molecule has 4 aromatic carbocycles. The van der Waals surface area contributed by atoms with Crippen LogP contribution in [0.15, 0.2) is 89.3 Å². The number of benzene rings is 4. The van der Waals surface area contributed by atoms with Crippen molar-refractivity contribution in [3.63, 3.8) is 0 Å². The zero-order valence-electron chi connectivity index (χ0n) is 21.7. The van der Waals surface area contributed by atoms with Crippen LogP contribution in [0.1, 0.15) is 33.0 Å². The summed E-state index contributed by atoms with van der Waals surface area (Å²) in [6.45, 7) is 5.97. The standard InChI is InChI=1S/C31H26N2O6/c1-19-13-20(2)21(3)30(14-19)39-26-16-23(15-24(17-26)33(35)36)32-31(34)29-12-11-25(38-29)18-37-28-10-6-8-22-7-4-5-9-27(22)28/h4-17H,18H2,1-3H3,(H,32,34). The van der Waals surface area contributed by atoms with Gasteiger partial charge in [-0.05, 0) is 67.1 Å². The molecule has 1 heterocycles. The Morgan fingerprint density at radius 2 is 1.72 bits per heavy atom. The van der Waals surface area contributed by atoms with Crippen molar-refractivity contribution >= 4 is 28.1 Å². The summed E-state index contributed by atoms with van der Waals surface area (Å²) in [5, 5.41) is 16.3. The summed E-state index contributed by atoms with van der Waals surface area (Å²) in [5.41, 5.74) is 2.96. The first-order chi connectivity index (χ1) is 18.8. The van der Waals surface area contributed by atoms with Crippen molar-refractivity contribution in [3.8, 4) is 17.2 Å². The number of aryl methyl sites for hydroxylation is 2. The molecule has 1 aromatic heterocycles. The fourth-order valence-electron chi connectivity index (χ4n) is 4.29. The van der Waals surface area contributed by atoms with Crippen molar-refractivity contribution in [1.29, 1.82) is 0 Å². The molecule has 0 bridgehead atoms. The SMILES string of the molecule is Cc1cc(C)c(C)c(Oc2cc(NC(=O)c3ccc(COc4cccc5ccccc45)o3)cc([N+](=O)[O-])c2)c1. The number of nitrogens with zero attached hydrogens (tertiary/aromatic N) is 1. The average molecular weight is 523 g/mol. The van der Waals surface area contributed by atoms with E-state index in [4.69, 9.17) is 13.9 Å². The highest BCUT2D eigenvalue weighted by atomic mass is 16.6. The summed E-state index contributed by atoms with van der Waals surface area (Å²) in [4.78, 5) is 23.9. The van der Waals surface area contributed by atoms with Gasteiger partial charge in [0, 0.05) is 17.5 Å². The van der Waals surface area contributed by atoms with Gasteiger partial charge in [-0.25, -0.2) is 0 Å². The van der Waals surface area contributed by atoms with Gasteiger partial charge in [0.25, 0.3) is 11.6 Å². The van der Waals surface area contributed by atoms with Crippen LogP contribution >= 0.6 is 0 Å². The zero-order chi connectivity index (χ0) is 27.5. The average Bonchev–Trinajstić information content (AvgIpc) is 3.39. The van der Waals surface area contributed by atoms with E-state index in [1.165, 1.54) is 24.3 Å². The molecule has 0 radical (unpaired) electrons. The van der Waals surface area contributed by atoms with Crippen LogP contribution in [0.4, 0.5) is 11.4 Å². The molecule has 0 spiro atoms. The Kier molecular flexibility index (Phi) is 7.01. The summed E-state index contributed by atoms with van der Waals surface area (Å²) >= 11 is 0. The second-order valence-electron chi connectivity index (χ2n) is 9.27. The zero-order valence-corrected chi connectivity index (χ0v) is 21.7. The lowest BCUT2D eigenvalue weighted by Gasteiger charge is -2.13. The van der Waals surface area contributed by atoms with Crippen LogP contribution < -0.4 is 14.8 Å². The first kappa shape index (κ1) is 25.5. The fraction of sp³-hybridized carbons (Fsp3) is 0.129. The van der Waals surface area contributed by atoms with E-state index in [1.54, 1.807) is 6.07 Å². The van der Waals surface area contributed by atoms with Crippen molar-refractivity contribution in [2.75, 3.05) is 5.32 Å². The number of carbonyl (C=O) groups excluding carboxylic acids is 1. The number of anilines is 1. The van der Waals surface area contributed by atoms with Crippen molar-refractivity contribution < 1.29 is 23.6 Å². The first-order valence-electron chi connectivity index (χ1n) is 12.3. The molecular formula is C31H26N2O6. The fourth-order valence-corrected chi connectivity index (χ4v) is 4.29. The molecule has 8 nitrogen and oxygen atoms in total. The van der Waals surface area contributed by atoms with Crippen LogP contribution in [0.2, 0.25) is 0 Å². The molecule has 0 saturated heterocycles. The molecule has 0 saturated carbocycles. The lowest BCUT2D eigenvalue weighted by atomic mass is 10.1. The Morgan fingerprint density at radius 3 is 2.54 bits per heavy atom. The highest BCUT2D eigenvalue weighted by Gasteiger charge is 2.17. The molecule has 1 amide bonds. The van der Waals surface area contributed by atoms with E-state index in [2.05, 4.69) is 5.32 Å². The normalized spacial score (nSPS) is 10.8. The number of nitro benzene ring substituents is 1. The van der Waals surface area contributed by atoms with Gasteiger partial charge in [-0.3, -0.25) is 14.9 Å². The number of nitro groups is 1. The van der Waals surface area contributed by atoms with Crippen LogP contribution in [0.25, 0.3) is 10.8 Å². The number of furan rings is 1. The number of amides is 1. The molecule has 5 aromatic rings. The Morgan fingerprint density at radius 1 is 0.923 bits per heavy atom. The number of carbonyl (C=O) groups is 1. The molecule has 0 aliphatic carbocycles. The molecular weight excluding hydrogens is 496 g/mol. The van der Waals surface area contributed by atoms with E-state index in [9.17, 15) is 14.9 Å². The molecule has 196 valence electrons. The van der Waals surface area contributed by atoms with E-state index >= 15 is 0 Å². The number of non-ortho nitro benzene ring substituents is 1. The molecule has 39 heavy (non-hydrogen) atoms. The Bertz CT molecular complexity index is 1700. The molecule has 8 heteroatoms. The van der Waals surface area contributed by atoms with Crippen LogP contribution in [0.3, 0.4) is 0 Å². The predicted molar refractivity (Wildman–Crippen MR) is 149 cm³/mol. The molecule has 0 unspecified atom stereocenters. The number of hydrogen-bond donors (Lipinski definition) is 1. The van der Waals surface area contributed by atoms with Gasteiger partial charge in [0.1, 0.15) is 29.6 Å². The lowest BCUT2D eigenvalue weighted by molar-refractivity contribution is -0.384. The highest BCUT2D eigenvalue weighted by molar-refractivity contribution is 6.02. The second kappa shape index (κ2) is 10.7. The van der Waals surface area contributed by atoms with E-state index in [-0.39, 0.29) is 29.5 Å². The Balaban J connectivity index is 1.31. The van der Waals surface area contributed by atoms with Gasteiger partial charge in [-0.2, -0.15) is 0 Å². The van der Waals surface area contributed by atoms with E-state index in [1.807, 2.05) is 75.4 Å². The molecule has 0 atom stereocenters. The van der Waals surface area contributed by atoms with Crippen molar-refractivity contribution in [2.24, 2.45) is 0 Å². The molecule has 0 fully saturated rings. The topological polar surface area (TPSA) is 104 Å². The summed E-state index contributed by atoms with van der Waals surface area (Å²) < 4.78 is 17.6. The third kappa shape index (κ3) is 5.75. The minimum atomic E-state index is -0.555. The maximum atomic E-state index is 12.9. The minimum Gasteiger partial charge on any atom is -0.485 e. The second-order valence-corrected chi connectivity index (χ2v) is 9.27. The maximum absolute atomic E-state index is 12.9. The van der Waals surface area contributed by atoms with Gasteiger partial charge in [-0.15, -0.1) is 0 Å². The van der Waals surface area contributed by atoms with Gasteiger partial charge in [0.2, 0.25) is 0 Å². The number of rotatable bonds is 8. The first-order valence-corrected chi connectivity index (χ1v) is 12.3. The van der Waals surface area contributed by atoms with Gasteiger partial charge >= 0.3 is 0 Å².